The Morgan fingerprint density at radius 2 is 1.67 bits per heavy atom. The third-order valence-corrected chi connectivity index (χ3v) is 4.98. The van der Waals surface area contributed by atoms with Crippen LogP contribution in [-0.4, -0.2) is 19.0 Å². The van der Waals surface area contributed by atoms with Gasteiger partial charge in [-0.15, -0.1) is 0 Å². The molecule has 3 rings (SSSR count). The number of allylic oxidation sites excluding steroid dienone is 1. The van der Waals surface area contributed by atoms with Crippen molar-refractivity contribution in [2.24, 2.45) is 0 Å². The number of rotatable bonds is 4. The molecule has 1 aliphatic rings. The molecule has 0 fully saturated rings. The molecule has 2 aromatic carbocycles. The maximum atomic E-state index is 13.7. The molecular weight excluding hydrogens is 297 g/mol. The summed E-state index contributed by atoms with van der Waals surface area (Å²) in [4.78, 5) is 2.30. The van der Waals surface area contributed by atoms with Crippen molar-refractivity contribution in [3.8, 4) is 0 Å². The molecule has 0 radical (unpaired) electrons. The fourth-order valence-electron chi connectivity index (χ4n) is 3.84. The summed E-state index contributed by atoms with van der Waals surface area (Å²) in [6.45, 7) is 1.85. The fourth-order valence-corrected chi connectivity index (χ4v) is 3.84. The second-order valence-electron chi connectivity index (χ2n) is 6.95. The van der Waals surface area contributed by atoms with Gasteiger partial charge in [-0.3, -0.25) is 4.90 Å². The number of aryl methyl sites for hydroxylation is 1. The second-order valence-corrected chi connectivity index (χ2v) is 6.95. The van der Waals surface area contributed by atoms with Crippen molar-refractivity contribution < 1.29 is 4.39 Å². The van der Waals surface area contributed by atoms with Gasteiger partial charge in [0.25, 0.3) is 0 Å². The van der Waals surface area contributed by atoms with Crippen LogP contribution >= 0.6 is 0 Å². The molecule has 0 spiro atoms. The topological polar surface area (TPSA) is 3.24 Å². The molecule has 0 saturated carbocycles. The Balaban J connectivity index is 2.11. The van der Waals surface area contributed by atoms with Crippen LogP contribution in [0.25, 0.3) is 5.57 Å². The number of hydrogen-bond donors (Lipinski definition) is 0. The van der Waals surface area contributed by atoms with Crippen LogP contribution in [0, 0.1) is 12.7 Å². The zero-order valence-corrected chi connectivity index (χ0v) is 14.8. The molecule has 2 aromatic rings. The van der Waals surface area contributed by atoms with Crippen LogP contribution in [0.2, 0.25) is 0 Å². The molecule has 126 valence electrons. The zero-order valence-electron chi connectivity index (χ0n) is 14.8. The van der Waals surface area contributed by atoms with Crippen molar-refractivity contribution >= 4 is 5.57 Å². The first-order valence-corrected chi connectivity index (χ1v) is 8.77. The van der Waals surface area contributed by atoms with E-state index in [4.69, 9.17) is 0 Å². The normalized spacial score (nSPS) is 16.5. The molecule has 0 amide bonds. The van der Waals surface area contributed by atoms with Gasteiger partial charge in [0.05, 0.1) is 6.04 Å². The van der Waals surface area contributed by atoms with Crippen LogP contribution < -0.4 is 0 Å². The molecule has 0 aromatic heterocycles. The summed E-state index contributed by atoms with van der Waals surface area (Å²) in [6, 6.07) is 16.5. The Morgan fingerprint density at radius 1 is 0.958 bits per heavy atom. The van der Waals surface area contributed by atoms with E-state index in [0.717, 1.165) is 18.4 Å². The number of nitrogens with zero attached hydrogens (tertiary/aromatic N) is 1. The highest BCUT2D eigenvalue weighted by Gasteiger charge is 2.25. The first-order valence-electron chi connectivity index (χ1n) is 8.77. The SMILES string of the molecule is Cc1cc(C2=C(C(c3ccccc3)N(C)C)CCCC2)ccc1F. The predicted octanol–water partition coefficient (Wildman–Crippen LogP) is 5.76. The summed E-state index contributed by atoms with van der Waals surface area (Å²) < 4.78 is 13.7. The summed E-state index contributed by atoms with van der Waals surface area (Å²) in [5, 5.41) is 0. The van der Waals surface area contributed by atoms with E-state index in [1.54, 1.807) is 6.07 Å². The lowest BCUT2D eigenvalue weighted by Crippen LogP contribution is -2.24. The maximum Gasteiger partial charge on any atom is 0.126 e. The van der Waals surface area contributed by atoms with Gasteiger partial charge >= 0.3 is 0 Å². The molecule has 1 unspecified atom stereocenters. The lowest BCUT2D eigenvalue weighted by molar-refractivity contribution is 0.328. The van der Waals surface area contributed by atoms with Crippen molar-refractivity contribution in [3.63, 3.8) is 0 Å². The quantitative estimate of drug-likeness (QED) is 0.691. The largest absolute Gasteiger partial charge is 0.299 e. The third kappa shape index (κ3) is 3.44. The summed E-state index contributed by atoms with van der Waals surface area (Å²) in [6.07, 6.45) is 4.64. The average molecular weight is 323 g/mol. The summed E-state index contributed by atoms with van der Waals surface area (Å²) in [7, 11) is 4.29. The van der Waals surface area contributed by atoms with Crippen molar-refractivity contribution in [1.29, 1.82) is 0 Å². The van der Waals surface area contributed by atoms with Crippen LogP contribution in [0.4, 0.5) is 4.39 Å². The minimum absolute atomic E-state index is 0.121. The minimum Gasteiger partial charge on any atom is -0.299 e. The highest BCUT2D eigenvalue weighted by Crippen LogP contribution is 2.41. The number of hydrogen-bond acceptors (Lipinski definition) is 1. The van der Waals surface area contributed by atoms with Gasteiger partial charge in [-0.2, -0.15) is 0 Å². The summed E-state index contributed by atoms with van der Waals surface area (Å²) >= 11 is 0. The van der Waals surface area contributed by atoms with Crippen LogP contribution in [0.15, 0.2) is 54.1 Å². The average Bonchev–Trinajstić information content (AvgIpc) is 2.59. The molecule has 1 atom stereocenters. The van der Waals surface area contributed by atoms with E-state index in [2.05, 4.69) is 49.3 Å². The standard InChI is InChI=1S/C22H26FN/c1-16-15-18(13-14-21(16)23)19-11-7-8-12-20(19)22(24(2)3)17-9-5-4-6-10-17/h4-6,9-10,13-15,22H,7-8,11-12H2,1-3H3. The number of halogens is 1. The summed E-state index contributed by atoms with van der Waals surface area (Å²) in [5.41, 5.74) is 6.14. The van der Waals surface area contributed by atoms with E-state index in [9.17, 15) is 4.39 Å². The lowest BCUT2D eigenvalue weighted by atomic mass is 9.81. The molecule has 0 N–H and O–H groups in total. The van der Waals surface area contributed by atoms with Gasteiger partial charge in [0, 0.05) is 0 Å². The predicted molar refractivity (Wildman–Crippen MR) is 99.4 cm³/mol. The van der Waals surface area contributed by atoms with Crippen molar-refractivity contribution in [2.75, 3.05) is 14.1 Å². The van der Waals surface area contributed by atoms with Gasteiger partial charge in [0.15, 0.2) is 0 Å². The number of benzene rings is 2. The molecule has 1 aliphatic carbocycles. The van der Waals surface area contributed by atoms with Gasteiger partial charge < -0.3 is 0 Å². The Bertz CT molecular complexity index is 731. The van der Waals surface area contributed by atoms with Crippen LogP contribution in [0.5, 0.6) is 0 Å². The molecule has 0 heterocycles. The highest BCUT2D eigenvalue weighted by atomic mass is 19.1. The van der Waals surface area contributed by atoms with E-state index < -0.39 is 0 Å². The lowest BCUT2D eigenvalue weighted by Gasteiger charge is -2.32. The zero-order chi connectivity index (χ0) is 17.1. The van der Waals surface area contributed by atoms with E-state index in [1.807, 2.05) is 19.1 Å². The van der Waals surface area contributed by atoms with Gasteiger partial charge in [0.2, 0.25) is 0 Å². The Hall–Kier alpha value is -1.93. The molecule has 24 heavy (non-hydrogen) atoms. The molecule has 0 bridgehead atoms. The molecule has 1 nitrogen and oxygen atoms in total. The second kappa shape index (κ2) is 7.31. The van der Waals surface area contributed by atoms with E-state index in [-0.39, 0.29) is 11.9 Å². The van der Waals surface area contributed by atoms with E-state index in [0.29, 0.717) is 0 Å². The number of likely N-dealkylation sites (N-methyl/N-ethyl adjacent to an activating group) is 1. The Kier molecular flexibility index (Phi) is 5.15. The van der Waals surface area contributed by atoms with Crippen molar-refractivity contribution in [2.45, 2.75) is 38.6 Å². The molecule has 0 aliphatic heterocycles. The Labute approximate surface area is 144 Å². The maximum absolute atomic E-state index is 13.7. The van der Waals surface area contributed by atoms with E-state index >= 15 is 0 Å². The highest BCUT2D eigenvalue weighted by molar-refractivity contribution is 5.71. The van der Waals surface area contributed by atoms with Crippen LogP contribution in [0.3, 0.4) is 0 Å². The first-order chi connectivity index (χ1) is 11.6. The fraction of sp³-hybridized carbons (Fsp3) is 0.364. The van der Waals surface area contributed by atoms with Gasteiger partial charge in [0.1, 0.15) is 5.82 Å². The summed E-state index contributed by atoms with van der Waals surface area (Å²) in [5.74, 6) is -0.121. The van der Waals surface area contributed by atoms with Crippen molar-refractivity contribution in [1.82, 2.24) is 4.90 Å². The minimum atomic E-state index is -0.121. The first kappa shape index (κ1) is 16.9. The van der Waals surface area contributed by atoms with Crippen molar-refractivity contribution in [3.05, 3.63) is 76.6 Å². The third-order valence-electron chi connectivity index (χ3n) is 4.98. The molecule has 2 heteroatoms. The van der Waals surface area contributed by atoms with Gasteiger partial charge in [-0.1, -0.05) is 36.4 Å². The van der Waals surface area contributed by atoms with Crippen LogP contribution in [0.1, 0.15) is 48.4 Å². The van der Waals surface area contributed by atoms with E-state index in [1.165, 1.54) is 35.1 Å². The smallest absolute Gasteiger partial charge is 0.126 e. The van der Waals surface area contributed by atoms with Gasteiger partial charge in [-0.05, 0) is 86.7 Å². The van der Waals surface area contributed by atoms with Crippen LogP contribution in [-0.2, 0) is 0 Å². The molecule has 0 saturated heterocycles. The molecular formula is C22H26FN. The van der Waals surface area contributed by atoms with Gasteiger partial charge in [-0.25, -0.2) is 4.39 Å². The monoisotopic (exact) mass is 323 g/mol. The Morgan fingerprint density at radius 3 is 2.33 bits per heavy atom.